The van der Waals surface area contributed by atoms with Crippen molar-refractivity contribution in [2.75, 3.05) is 5.75 Å². The minimum atomic E-state index is -0.718. The number of rotatable bonds is 8. The summed E-state index contributed by atoms with van der Waals surface area (Å²) in [6.45, 7) is 2.18. The van der Waals surface area contributed by atoms with Crippen LogP contribution in [0.2, 0.25) is 0 Å². The molecular weight excluding hydrogens is 326 g/mol. The molecule has 0 N–H and O–H groups in total. The summed E-state index contributed by atoms with van der Waals surface area (Å²) in [5.41, 5.74) is 0.590. The number of carbonyl (C=O) groups excluding carboxylic acids is 1. The normalized spacial score (nSPS) is 11.1. The van der Waals surface area contributed by atoms with E-state index in [2.05, 4.69) is 6.92 Å². The van der Waals surface area contributed by atoms with Gasteiger partial charge in [-0.1, -0.05) is 38.0 Å². The maximum atomic E-state index is 13.5. The van der Waals surface area contributed by atoms with Crippen molar-refractivity contribution in [3.63, 3.8) is 0 Å². The fourth-order valence-corrected chi connectivity index (χ4v) is 3.08. The highest BCUT2D eigenvalue weighted by Crippen LogP contribution is 2.20. The molecule has 1 nitrogen and oxygen atoms in total. The summed E-state index contributed by atoms with van der Waals surface area (Å²) in [5, 5.41) is 0. The Morgan fingerprint density at radius 2 is 1.83 bits per heavy atom. The SMILES string of the molecule is CCCCCSc1ccc(C=CC(=O)c2cc(F)ccc2F)cc1. The molecule has 0 atom stereocenters. The summed E-state index contributed by atoms with van der Waals surface area (Å²) < 4.78 is 26.7. The Hall–Kier alpha value is -1.94. The molecule has 24 heavy (non-hydrogen) atoms. The highest BCUT2D eigenvalue weighted by molar-refractivity contribution is 7.99. The van der Waals surface area contributed by atoms with E-state index in [-0.39, 0.29) is 5.56 Å². The number of thioether (sulfide) groups is 1. The molecule has 0 aliphatic heterocycles. The van der Waals surface area contributed by atoms with Crippen LogP contribution in [-0.2, 0) is 0 Å². The van der Waals surface area contributed by atoms with Gasteiger partial charge in [-0.25, -0.2) is 8.78 Å². The van der Waals surface area contributed by atoms with Crippen LogP contribution < -0.4 is 0 Å². The van der Waals surface area contributed by atoms with Crippen molar-refractivity contribution in [2.45, 2.75) is 31.1 Å². The largest absolute Gasteiger partial charge is 0.289 e. The molecule has 0 saturated heterocycles. The first kappa shape index (κ1) is 18.4. The third-order valence-corrected chi connectivity index (χ3v) is 4.62. The van der Waals surface area contributed by atoms with E-state index in [1.54, 1.807) is 6.08 Å². The van der Waals surface area contributed by atoms with E-state index in [0.717, 1.165) is 29.5 Å². The van der Waals surface area contributed by atoms with Crippen LogP contribution in [0.1, 0.15) is 42.1 Å². The van der Waals surface area contributed by atoms with Crippen LogP contribution in [0, 0.1) is 11.6 Å². The van der Waals surface area contributed by atoms with E-state index < -0.39 is 17.4 Å². The highest BCUT2D eigenvalue weighted by Gasteiger charge is 2.09. The molecule has 0 aliphatic carbocycles. The van der Waals surface area contributed by atoms with Crippen LogP contribution >= 0.6 is 11.8 Å². The van der Waals surface area contributed by atoms with Gasteiger partial charge < -0.3 is 0 Å². The smallest absolute Gasteiger partial charge is 0.188 e. The third-order valence-electron chi connectivity index (χ3n) is 3.52. The number of unbranched alkanes of at least 4 members (excludes halogenated alkanes) is 2. The Kier molecular flexibility index (Phi) is 7.19. The first-order valence-electron chi connectivity index (χ1n) is 8.00. The highest BCUT2D eigenvalue weighted by atomic mass is 32.2. The van der Waals surface area contributed by atoms with Crippen molar-refractivity contribution < 1.29 is 13.6 Å². The lowest BCUT2D eigenvalue weighted by Gasteiger charge is -2.02. The average molecular weight is 346 g/mol. The van der Waals surface area contributed by atoms with Gasteiger partial charge in [0.15, 0.2) is 5.78 Å². The van der Waals surface area contributed by atoms with Crippen molar-refractivity contribution in [3.05, 3.63) is 71.3 Å². The van der Waals surface area contributed by atoms with E-state index in [1.165, 1.54) is 30.2 Å². The molecule has 0 spiro atoms. The lowest BCUT2D eigenvalue weighted by molar-refractivity contribution is 0.104. The first-order chi connectivity index (χ1) is 11.6. The Morgan fingerprint density at radius 3 is 2.54 bits per heavy atom. The number of hydrogen-bond donors (Lipinski definition) is 0. The van der Waals surface area contributed by atoms with Crippen LogP contribution in [-0.4, -0.2) is 11.5 Å². The number of allylic oxidation sites excluding steroid dienone is 1. The predicted octanol–water partition coefficient (Wildman–Crippen LogP) is 6.14. The number of carbonyl (C=O) groups is 1. The van der Waals surface area contributed by atoms with E-state index in [0.29, 0.717) is 0 Å². The summed E-state index contributed by atoms with van der Waals surface area (Å²) in [4.78, 5) is 13.1. The fraction of sp³-hybridized carbons (Fsp3) is 0.250. The second kappa shape index (κ2) is 9.38. The van der Waals surface area contributed by atoms with Crippen molar-refractivity contribution in [1.29, 1.82) is 0 Å². The molecule has 0 radical (unpaired) electrons. The Balaban J connectivity index is 1.96. The third kappa shape index (κ3) is 5.60. The summed E-state index contributed by atoms with van der Waals surface area (Å²) in [6.07, 6.45) is 6.53. The second-order valence-corrected chi connectivity index (χ2v) is 6.61. The van der Waals surface area contributed by atoms with Gasteiger partial charge in [0.1, 0.15) is 11.6 Å². The molecule has 4 heteroatoms. The summed E-state index contributed by atoms with van der Waals surface area (Å²) in [7, 11) is 0. The van der Waals surface area contributed by atoms with E-state index in [1.807, 2.05) is 36.0 Å². The van der Waals surface area contributed by atoms with Crippen LogP contribution in [0.5, 0.6) is 0 Å². The molecule has 0 aromatic heterocycles. The molecule has 0 heterocycles. The van der Waals surface area contributed by atoms with E-state index >= 15 is 0 Å². The molecule has 0 fully saturated rings. The molecule has 2 aromatic rings. The Morgan fingerprint density at radius 1 is 1.08 bits per heavy atom. The zero-order valence-corrected chi connectivity index (χ0v) is 14.4. The summed E-state index contributed by atoms with van der Waals surface area (Å²) in [6, 6.07) is 10.7. The topological polar surface area (TPSA) is 17.1 Å². The van der Waals surface area contributed by atoms with Crippen LogP contribution in [0.4, 0.5) is 8.78 Å². The van der Waals surface area contributed by atoms with Gasteiger partial charge in [-0.15, -0.1) is 11.8 Å². The molecule has 2 rings (SSSR count). The van der Waals surface area contributed by atoms with Crippen molar-refractivity contribution in [3.8, 4) is 0 Å². The van der Waals surface area contributed by atoms with Gasteiger partial charge in [0, 0.05) is 4.90 Å². The van der Waals surface area contributed by atoms with Gasteiger partial charge in [0.25, 0.3) is 0 Å². The molecular formula is C20H20F2OS. The molecule has 126 valence electrons. The Bertz CT molecular complexity index is 708. The first-order valence-corrected chi connectivity index (χ1v) is 8.99. The summed E-state index contributed by atoms with van der Waals surface area (Å²) in [5.74, 6) is -0.798. The number of benzene rings is 2. The van der Waals surface area contributed by atoms with Crippen molar-refractivity contribution in [1.82, 2.24) is 0 Å². The predicted molar refractivity (Wildman–Crippen MR) is 96.4 cm³/mol. The van der Waals surface area contributed by atoms with Crippen LogP contribution in [0.15, 0.2) is 53.4 Å². The monoisotopic (exact) mass is 346 g/mol. The van der Waals surface area contributed by atoms with Gasteiger partial charge >= 0.3 is 0 Å². The standard InChI is InChI=1S/C20H20F2OS/c1-2-3-4-13-24-17-9-5-15(6-10-17)7-12-20(23)18-14-16(21)8-11-19(18)22/h5-12,14H,2-4,13H2,1H3. The van der Waals surface area contributed by atoms with E-state index in [4.69, 9.17) is 0 Å². The molecule has 0 bridgehead atoms. The van der Waals surface area contributed by atoms with Crippen molar-refractivity contribution in [2.24, 2.45) is 0 Å². The lowest BCUT2D eigenvalue weighted by atomic mass is 10.1. The Labute approximate surface area is 145 Å². The van der Waals surface area contributed by atoms with Gasteiger partial charge in [0.2, 0.25) is 0 Å². The van der Waals surface area contributed by atoms with Gasteiger partial charge in [0.05, 0.1) is 5.56 Å². The fourth-order valence-electron chi connectivity index (χ4n) is 2.17. The van der Waals surface area contributed by atoms with Gasteiger partial charge in [-0.3, -0.25) is 4.79 Å². The molecule has 0 saturated carbocycles. The zero-order valence-electron chi connectivity index (χ0n) is 13.6. The summed E-state index contributed by atoms with van der Waals surface area (Å²) >= 11 is 1.81. The van der Waals surface area contributed by atoms with Crippen LogP contribution in [0.25, 0.3) is 6.08 Å². The molecule has 0 unspecified atom stereocenters. The maximum absolute atomic E-state index is 13.5. The minimum Gasteiger partial charge on any atom is -0.289 e. The quantitative estimate of drug-likeness (QED) is 0.247. The minimum absolute atomic E-state index is 0.255. The molecule has 0 amide bonds. The van der Waals surface area contributed by atoms with Crippen molar-refractivity contribution >= 4 is 23.6 Å². The van der Waals surface area contributed by atoms with Crippen LogP contribution in [0.3, 0.4) is 0 Å². The van der Waals surface area contributed by atoms with E-state index in [9.17, 15) is 13.6 Å². The molecule has 0 aliphatic rings. The van der Waals surface area contributed by atoms with Gasteiger partial charge in [-0.2, -0.15) is 0 Å². The maximum Gasteiger partial charge on any atom is 0.188 e. The number of halogens is 2. The van der Waals surface area contributed by atoms with Gasteiger partial charge in [-0.05, 0) is 54.1 Å². The number of ketones is 1. The lowest BCUT2D eigenvalue weighted by Crippen LogP contribution is -1.99. The molecule has 2 aromatic carbocycles. The second-order valence-electron chi connectivity index (χ2n) is 5.45. The number of hydrogen-bond acceptors (Lipinski definition) is 2. The zero-order chi connectivity index (χ0) is 17.4. The average Bonchev–Trinajstić information content (AvgIpc) is 2.60.